The van der Waals surface area contributed by atoms with Crippen molar-refractivity contribution in [2.24, 2.45) is 11.8 Å². The van der Waals surface area contributed by atoms with Crippen LogP contribution in [-0.4, -0.2) is 58.1 Å². The van der Waals surface area contributed by atoms with E-state index in [1.54, 1.807) is 46.4 Å². The number of amides is 3. The van der Waals surface area contributed by atoms with Crippen LogP contribution >= 0.6 is 0 Å². The first-order chi connectivity index (χ1) is 20.9. The molecule has 3 amide bonds. The van der Waals surface area contributed by atoms with E-state index in [-0.39, 0.29) is 30.2 Å². The van der Waals surface area contributed by atoms with Crippen molar-refractivity contribution in [1.29, 1.82) is 0 Å². The highest BCUT2D eigenvalue weighted by Crippen LogP contribution is 2.41. The van der Waals surface area contributed by atoms with Gasteiger partial charge in [0, 0.05) is 12.5 Å². The van der Waals surface area contributed by atoms with Crippen LogP contribution in [0, 0.1) is 18.8 Å². The molecule has 9 heteroatoms. The van der Waals surface area contributed by atoms with Gasteiger partial charge in [-0.2, -0.15) is 0 Å². The van der Waals surface area contributed by atoms with Crippen molar-refractivity contribution in [1.82, 2.24) is 15.5 Å². The molecule has 5 unspecified atom stereocenters. The number of hydrogen-bond donors (Lipinski definition) is 2. The first-order valence-electron chi connectivity index (χ1n) is 15.8. The summed E-state index contributed by atoms with van der Waals surface area (Å²) in [5.41, 5.74) is 0.865. The third-order valence-electron chi connectivity index (χ3n) is 7.46. The molecule has 0 saturated heterocycles. The van der Waals surface area contributed by atoms with Gasteiger partial charge in [-0.15, -0.1) is 0 Å². The van der Waals surface area contributed by atoms with Gasteiger partial charge in [0.25, 0.3) is 0 Å². The van der Waals surface area contributed by atoms with E-state index in [9.17, 15) is 19.2 Å². The molecule has 3 rings (SSSR count). The topological polar surface area (TPSA) is 114 Å². The zero-order valence-corrected chi connectivity index (χ0v) is 28.5. The Morgan fingerprint density at radius 3 is 2.00 bits per heavy atom. The smallest absolute Gasteiger partial charge is 0.408 e. The van der Waals surface area contributed by atoms with Gasteiger partial charge in [-0.05, 0) is 77.8 Å². The van der Waals surface area contributed by atoms with Crippen LogP contribution in [0.5, 0.6) is 0 Å². The van der Waals surface area contributed by atoms with E-state index in [4.69, 9.17) is 9.47 Å². The number of aryl methyl sites for hydroxylation is 1. The first-order valence-corrected chi connectivity index (χ1v) is 15.8. The van der Waals surface area contributed by atoms with Crippen molar-refractivity contribution in [3.63, 3.8) is 0 Å². The summed E-state index contributed by atoms with van der Waals surface area (Å²) in [7, 11) is 0. The molecule has 9 nitrogen and oxygen atoms in total. The van der Waals surface area contributed by atoms with Gasteiger partial charge in [-0.3, -0.25) is 9.59 Å². The summed E-state index contributed by atoms with van der Waals surface area (Å²) in [6.07, 6.45) is 0.214. The molecule has 1 saturated carbocycles. The Balaban J connectivity index is 2.05. The molecule has 45 heavy (non-hydrogen) atoms. The maximum absolute atomic E-state index is 14.5. The predicted octanol–water partition coefficient (Wildman–Crippen LogP) is 5.89. The molecule has 0 spiro atoms. The molecule has 5 atom stereocenters. The van der Waals surface area contributed by atoms with E-state index in [1.807, 2.05) is 82.3 Å². The fourth-order valence-corrected chi connectivity index (χ4v) is 5.23. The predicted molar refractivity (Wildman–Crippen MR) is 174 cm³/mol. The maximum atomic E-state index is 14.5. The zero-order chi connectivity index (χ0) is 33.7. The molecule has 1 fully saturated rings. The number of alkyl carbamates (subject to hydrolysis) is 1. The Labute approximate surface area is 268 Å². The van der Waals surface area contributed by atoms with Crippen LogP contribution in [0.1, 0.15) is 91.5 Å². The van der Waals surface area contributed by atoms with Crippen LogP contribution in [0.2, 0.25) is 0 Å². The van der Waals surface area contributed by atoms with Crippen LogP contribution in [0.4, 0.5) is 4.79 Å². The van der Waals surface area contributed by atoms with Crippen LogP contribution in [0.25, 0.3) is 0 Å². The SMILES string of the molecule is Cc1cccc(C(C(=O)NC(Cc2ccccc2)C(=O)OC(C)(C)C)N(C(=O)C(NC(=O)OC(C)(C)C)C(C)C)C2CC2C)c1. The summed E-state index contributed by atoms with van der Waals surface area (Å²) in [6.45, 7) is 18.2. The van der Waals surface area contributed by atoms with Crippen molar-refractivity contribution >= 4 is 23.9 Å². The van der Waals surface area contributed by atoms with Crippen LogP contribution in [0.15, 0.2) is 54.6 Å². The molecule has 0 bridgehead atoms. The van der Waals surface area contributed by atoms with E-state index < -0.39 is 47.3 Å². The van der Waals surface area contributed by atoms with E-state index in [1.165, 1.54) is 0 Å². The van der Waals surface area contributed by atoms with E-state index in [2.05, 4.69) is 10.6 Å². The molecule has 2 aromatic carbocycles. The summed E-state index contributed by atoms with van der Waals surface area (Å²) >= 11 is 0. The number of nitrogens with one attached hydrogen (secondary N) is 2. The molecule has 1 aliphatic carbocycles. The van der Waals surface area contributed by atoms with Crippen molar-refractivity contribution in [2.45, 2.75) is 117 Å². The number of nitrogens with zero attached hydrogens (tertiary/aromatic N) is 1. The molecule has 2 N–H and O–H groups in total. The van der Waals surface area contributed by atoms with Crippen LogP contribution in [-0.2, 0) is 30.3 Å². The number of ether oxygens (including phenoxy) is 2. The molecule has 2 aromatic rings. The number of hydrogen-bond acceptors (Lipinski definition) is 6. The quantitative estimate of drug-likeness (QED) is 0.303. The molecular formula is C36H51N3O6. The van der Waals surface area contributed by atoms with E-state index in [0.29, 0.717) is 12.0 Å². The fraction of sp³-hybridized carbons (Fsp3) is 0.556. The Morgan fingerprint density at radius 2 is 1.49 bits per heavy atom. The minimum Gasteiger partial charge on any atom is -0.458 e. The van der Waals surface area contributed by atoms with E-state index in [0.717, 1.165) is 11.1 Å². The van der Waals surface area contributed by atoms with Crippen molar-refractivity contribution in [3.05, 3.63) is 71.3 Å². The lowest BCUT2D eigenvalue weighted by atomic mass is 9.97. The van der Waals surface area contributed by atoms with Crippen molar-refractivity contribution < 1.29 is 28.7 Å². The monoisotopic (exact) mass is 621 g/mol. The van der Waals surface area contributed by atoms with Crippen LogP contribution < -0.4 is 10.6 Å². The van der Waals surface area contributed by atoms with Crippen molar-refractivity contribution in [2.75, 3.05) is 0 Å². The number of rotatable bonds is 11. The van der Waals surface area contributed by atoms with Gasteiger partial charge < -0.3 is 25.0 Å². The third-order valence-corrected chi connectivity index (χ3v) is 7.46. The second-order valence-electron chi connectivity index (χ2n) is 14.5. The average Bonchev–Trinajstić information content (AvgIpc) is 3.63. The highest BCUT2D eigenvalue weighted by molar-refractivity contribution is 5.94. The second-order valence-corrected chi connectivity index (χ2v) is 14.5. The van der Waals surface area contributed by atoms with Gasteiger partial charge in [-0.25, -0.2) is 9.59 Å². The molecule has 0 aromatic heterocycles. The number of carbonyl (C=O) groups is 4. The largest absolute Gasteiger partial charge is 0.458 e. The van der Waals surface area contributed by atoms with Crippen molar-refractivity contribution in [3.8, 4) is 0 Å². The second kappa shape index (κ2) is 14.5. The zero-order valence-electron chi connectivity index (χ0n) is 28.5. The Hall–Kier alpha value is -3.88. The minimum absolute atomic E-state index is 0.148. The molecular weight excluding hydrogens is 570 g/mol. The molecule has 0 aliphatic heterocycles. The van der Waals surface area contributed by atoms with Gasteiger partial charge in [0.2, 0.25) is 11.8 Å². The molecule has 1 aliphatic rings. The summed E-state index contributed by atoms with van der Waals surface area (Å²) in [6, 6.07) is 13.6. The van der Waals surface area contributed by atoms with Crippen LogP contribution in [0.3, 0.4) is 0 Å². The van der Waals surface area contributed by atoms with Gasteiger partial charge in [-0.1, -0.05) is 80.9 Å². The lowest BCUT2D eigenvalue weighted by molar-refractivity contribution is -0.159. The highest BCUT2D eigenvalue weighted by atomic mass is 16.6. The summed E-state index contributed by atoms with van der Waals surface area (Å²) in [4.78, 5) is 56.9. The number of carbonyl (C=O) groups excluding carboxylic acids is 4. The summed E-state index contributed by atoms with van der Waals surface area (Å²) in [5, 5.41) is 5.73. The molecule has 0 heterocycles. The Bertz CT molecular complexity index is 1340. The van der Waals surface area contributed by atoms with Gasteiger partial charge in [0.15, 0.2) is 0 Å². The third kappa shape index (κ3) is 10.6. The summed E-state index contributed by atoms with van der Waals surface area (Å²) in [5.74, 6) is -1.60. The normalized spacial score (nSPS) is 18.3. The summed E-state index contributed by atoms with van der Waals surface area (Å²) < 4.78 is 11.2. The minimum atomic E-state index is -1.06. The van der Waals surface area contributed by atoms with Gasteiger partial charge >= 0.3 is 12.1 Å². The van der Waals surface area contributed by atoms with E-state index >= 15 is 0 Å². The first kappa shape index (κ1) is 35.6. The number of esters is 1. The molecule has 0 radical (unpaired) electrons. The number of benzene rings is 2. The van der Waals surface area contributed by atoms with Gasteiger partial charge in [0.1, 0.15) is 29.3 Å². The Morgan fingerprint density at radius 1 is 0.889 bits per heavy atom. The lowest BCUT2D eigenvalue weighted by Gasteiger charge is -2.37. The average molecular weight is 622 g/mol. The molecule has 246 valence electrons. The fourth-order valence-electron chi connectivity index (χ4n) is 5.23. The van der Waals surface area contributed by atoms with Gasteiger partial charge in [0.05, 0.1) is 0 Å². The highest BCUT2D eigenvalue weighted by Gasteiger charge is 2.49. The standard InChI is InChI=1S/C36H51N3O6/c1-22(2)29(38-34(43)45-36(8,9)10)32(41)39(28-20-24(28)4)30(26-18-14-15-23(3)19-26)31(40)37-27(33(42)44-35(5,6)7)21-25-16-12-11-13-17-25/h11-19,22,24,27-30H,20-21H2,1-10H3,(H,37,40)(H,38,43). The maximum Gasteiger partial charge on any atom is 0.408 e. The lowest BCUT2D eigenvalue weighted by Crippen LogP contribution is -2.57. The Kier molecular flexibility index (Phi) is 11.5.